The number of rotatable bonds is 8. The summed E-state index contributed by atoms with van der Waals surface area (Å²) in [6.45, 7) is 9.53. The van der Waals surface area contributed by atoms with Crippen molar-refractivity contribution in [2.75, 3.05) is 0 Å². The molecule has 18 heavy (non-hydrogen) atoms. The maximum absolute atomic E-state index is 3.89. The van der Waals surface area contributed by atoms with Crippen LogP contribution in [0.3, 0.4) is 0 Å². The Bertz CT molecular complexity index is 202. The van der Waals surface area contributed by atoms with Gasteiger partial charge < -0.3 is 5.32 Å². The van der Waals surface area contributed by atoms with Gasteiger partial charge in [-0.3, -0.25) is 0 Å². The van der Waals surface area contributed by atoms with Crippen LogP contribution in [0.2, 0.25) is 0 Å². The average Bonchev–Trinajstić information content (AvgIpc) is 2.35. The molecule has 0 amide bonds. The van der Waals surface area contributed by atoms with E-state index in [1.165, 1.54) is 57.8 Å². The molecule has 1 nitrogen and oxygen atoms in total. The summed E-state index contributed by atoms with van der Waals surface area (Å²) < 4.78 is 0. The van der Waals surface area contributed by atoms with E-state index in [0.29, 0.717) is 6.04 Å². The second-order valence-electron chi connectivity index (χ2n) is 6.64. The molecule has 1 N–H and O–H groups in total. The fourth-order valence-corrected chi connectivity index (χ4v) is 3.32. The van der Waals surface area contributed by atoms with Gasteiger partial charge in [0.2, 0.25) is 0 Å². The summed E-state index contributed by atoms with van der Waals surface area (Å²) in [6.07, 6.45) is 12.6. The third-order valence-corrected chi connectivity index (χ3v) is 4.95. The normalized spacial score (nSPS) is 30.3. The number of unbranched alkanes of at least 4 members (excludes halogenated alkanes) is 4. The summed E-state index contributed by atoms with van der Waals surface area (Å²) in [5.41, 5.74) is 0. The predicted molar refractivity (Wildman–Crippen MR) is 81.9 cm³/mol. The van der Waals surface area contributed by atoms with Crippen molar-refractivity contribution in [2.45, 2.75) is 97.6 Å². The van der Waals surface area contributed by atoms with Gasteiger partial charge in [-0.2, -0.15) is 0 Å². The van der Waals surface area contributed by atoms with Gasteiger partial charge in [-0.1, -0.05) is 65.7 Å². The van der Waals surface area contributed by atoms with Crippen molar-refractivity contribution in [1.29, 1.82) is 0 Å². The molecule has 1 fully saturated rings. The van der Waals surface area contributed by atoms with E-state index in [1.807, 2.05) is 0 Å². The van der Waals surface area contributed by atoms with Crippen LogP contribution >= 0.6 is 0 Å². The SMILES string of the molecule is CCCCCCCC(C)NC1CCCC(C)C1C. The lowest BCUT2D eigenvalue weighted by Gasteiger charge is -2.36. The highest BCUT2D eigenvalue weighted by Crippen LogP contribution is 2.29. The largest absolute Gasteiger partial charge is 0.311 e. The summed E-state index contributed by atoms with van der Waals surface area (Å²) in [5.74, 6) is 1.77. The third-order valence-electron chi connectivity index (χ3n) is 4.95. The molecule has 1 aliphatic carbocycles. The number of nitrogens with one attached hydrogen (secondary N) is 1. The molecule has 1 aliphatic rings. The Morgan fingerprint density at radius 1 is 1.06 bits per heavy atom. The Labute approximate surface area is 115 Å². The van der Waals surface area contributed by atoms with Crippen molar-refractivity contribution in [1.82, 2.24) is 5.32 Å². The topological polar surface area (TPSA) is 12.0 Å². The Hall–Kier alpha value is -0.0400. The van der Waals surface area contributed by atoms with Gasteiger partial charge in [-0.15, -0.1) is 0 Å². The smallest absolute Gasteiger partial charge is 0.00977 e. The Morgan fingerprint density at radius 3 is 2.50 bits per heavy atom. The van der Waals surface area contributed by atoms with Crippen LogP contribution in [0.4, 0.5) is 0 Å². The van der Waals surface area contributed by atoms with E-state index in [9.17, 15) is 0 Å². The monoisotopic (exact) mass is 253 g/mol. The zero-order valence-corrected chi connectivity index (χ0v) is 13.2. The molecular weight excluding hydrogens is 218 g/mol. The molecule has 0 aromatic carbocycles. The summed E-state index contributed by atoms with van der Waals surface area (Å²) in [7, 11) is 0. The van der Waals surface area contributed by atoms with Crippen molar-refractivity contribution in [3.8, 4) is 0 Å². The van der Waals surface area contributed by atoms with Crippen LogP contribution in [0.1, 0.15) is 85.5 Å². The molecule has 0 radical (unpaired) electrons. The van der Waals surface area contributed by atoms with Crippen molar-refractivity contribution in [3.05, 3.63) is 0 Å². The number of hydrogen-bond acceptors (Lipinski definition) is 1. The van der Waals surface area contributed by atoms with Crippen LogP contribution < -0.4 is 5.32 Å². The van der Waals surface area contributed by atoms with E-state index >= 15 is 0 Å². The highest BCUT2D eigenvalue weighted by molar-refractivity contribution is 4.83. The molecule has 108 valence electrons. The second kappa shape index (κ2) is 8.96. The molecule has 0 saturated heterocycles. The highest BCUT2D eigenvalue weighted by Gasteiger charge is 2.27. The molecule has 0 aliphatic heterocycles. The third kappa shape index (κ3) is 5.73. The van der Waals surface area contributed by atoms with Gasteiger partial charge in [0.05, 0.1) is 0 Å². The van der Waals surface area contributed by atoms with Gasteiger partial charge in [0.15, 0.2) is 0 Å². The maximum atomic E-state index is 3.89. The summed E-state index contributed by atoms with van der Waals surface area (Å²) in [6, 6.07) is 1.49. The highest BCUT2D eigenvalue weighted by atomic mass is 15.0. The van der Waals surface area contributed by atoms with E-state index in [2.05, 4.69) is 33.0 Å². The minimum Gasteiger partial charge on any atom is -0.311 e. The quantitative estimate of drug-likeness (QED) is 0.590. The maximum Gasteiger partial charge on any atom is 0.00977 e. The molecule has 1 heteroatoms. The Kier molecular flexibility index (Phi) is 7.97. The van der Waals surface area contributed by atoms with E-state index in [-0.39, 0.29) is 0 Å². The summed E-state index contributed by atoms with van der Waals surface area (Å²) >= 11 is 0. The van der Waals surface area contributed by atoms with Crippen LogP contribution in [-0.4, -0.2) is 12.1 Å². The van der Waals surface area contributed by atoms with E-state index in [4.69, 9.17) is 0 Å². The van der Waals surface area contributed by atoms with E-state index in [0.717, 1.165) is 17.9 Å². The first kappa shape index (κ1) is 16.0. The minimum atomic E-state index is 0.712. The molecule has 4 atom stereocenters. The van der Waals surface area contributed by atoms with E-state index < -0.39 is 0 Å². The van der Waals surface area contributed by atoms with Crippen molar-refractivity contribution in [3.63, 3.8) is 0 Å². The molecule has 0 aromatic heterocycles. The minimum absolute atomic E-state index is 0.712. The van der Waals surface area contributed by atoms with Crippen molar-refractivity contribution in [2.24, 2.45) is 11.8 Å². The lowest BCUT2D eigenvalue weighted by atomic mass is 9.78. The van der Waals surface area contributed by atoms with Gasteiger partial charge in [0.1, 0.15) is 0 Å². The van der Waals surface area contributed by atoms with Gasteiger partial charge in [0, 0.05) is 12.1 Å². The summed E-state index contributed by atoms with van der Waals surface area (Å²) in [4.78, 5) is 0. The lowest BCUT2D eigenvalue weighted by molar-refractivity contribution is 0.193. The fourth-order valence-electron chi connectivity index (χ4n) is 3.32. The second-order valence-corrected chi connectivity index (χ2v) is 6.64. The first-order chi connectivity index (χ1) is 8.65. The standard InChI is InChI=1S/C17H35N/c1-5-6-7-8-9-12-15(3)18-17-13-10-11-14(2)16(17)4/h14-18H,5-13H2,1-4H3. The first-order valence-corrected chi connectivity index (χ1v) is 8.41. The molecule has 4 unspecified atom stereocenters. The van der Waals surface area contributed by atoms with Crippen LogP contribution in [0, 0.1) is 11.8 Å². The van der Waals surface area contributed by atoms with Crippen LogP contribution in [0.25, 0.3) is 0 Å². The van der Waals surface area contributed by atoms with Crippen LogP contribution in [0.5, 0.6) is 0 Å². The zero-order chi connectivity index (χ0) is 13.4. The van der Waals surface area contributed by atoms with Crippen LogP contribution in [-0.2, 0) is 0 Å². The average molecular weight is 253 g/mol. The van der Waals surface area contributed by atoms with Crippen molar-refractivity contribution < 1.29 is 0 Å². The molecule has 0 bridgehead atoms. The lowest BCUT2D eigenvalue weighted by Crippen LogP contribution is -2.44. The molecule has 1 rings (SSSR count). The summed E-state index contributed by atoms with van der Waals surface area (Å²) in [5, 5.41) is 3.89. The molecule has 1 saturated carbocycles. The molecule has 0 spiro atoms. The van der Waals surface area contributed by atoms with Gasteiger partial charge in [-0.05, 0) is 31.6 Å². The molecular formula is C17H35N. The Morgan fingerprint density at radius 2 is 1.78 bits per heavy atom. The van der Waals surface area contributed by atoms with Crippen LogP contribution in [0.15, 0.2) is 0 Å². The molecule has 0 aromatic rings. The van der Waals surface area contributed by atoms with E-state index in [1.54, 1.807) is 0 Å². The van der Waals surface area contributed by atoms with Gasteiger partial charge in [0.25, 0.3) is 0 Å². The van der Waals surface area contributed by atoms with Crippen molar-refractivity contribution >= 4 is 0 Å². The number of hydrogen-bond donors (Lipinski definition) is 1. The first-order valence-electron chi connectivity index (χ1n) is 8.41. The molecule has 0 heterocycles. The van der Waals surface area contributed by atoms with Gasteiger partial charge in [-0.25, -0.2) is 0 Å². The Balaban J connectivity index is 2.13. The fraction of sp³-hybridized carbons (Fsp3) is 1.00. The predicted octanol–water partition coefficient (Wildman–Crippen LogP) is 5.15. The van der Waals surface area contributed by atoms with Gasteiger partial charge >= 0.3 is 0 Å². The zero-order valence-electron chi connectivity index (χ0n) is 13.2.